The first-order valence-corrected chi connectivity index (χ1v) is 11.7. The van der Waals surface area contributed by atoms with Gasteiger partial charge in [-0.15, -0.1) is 0 Å². The summed E-state index contributed by atoms with van der Waals surface area (Å²) in [6.45, 7) is 2.16. The summed E-state index contributed by atoms with van der Waals surface area (Å²) in [5.74, 6) is -0.624. The minimum absolute atomic E-state index is 0.102. The molecule has 32 heavy (non-hydrogen) atoms. The van der Waals surface area contributed by atoms with Crippen molar-refractivity contribution in [2.45, 2.75) is 32.3 Å². The van der Waals surface area contributed by atoms with Gasteiger partial charge in [0, 0.05) is 18.8 Å². The molecule has 0 aliphatic rings. The van der Waals surface area contributed by atoms with Crippen LogP contribution in [0.15, 0.2) is 71.5 Å². The van der Waals surface area contributed by atoms with Crippen LogP contribution in [-0.4, -0.2) is 18.9 Å². The standard InChI is InChI=1S/C23H26N4O4S/c1-17-10-11-21(26-32(30,31)16-18-6-3-2-4-7-18)23(29)27(17)15-22(28)25-14-20-9-5-8-19(12-20)13-24/h2-12,26H,13-16,24H2,1H3,(H,25,28). The van der Waals surface area contributed by atoms with Crippen LogP contribution in [0.5, 0.6) is 0 Å². The molecule has 0 unspecified atom stereocenters. The van der Waals surface area contributed by atoms with Crippen molar-refractivity contribution in [3.05, 3.63) is 99.5 Å². The van der Waals surface area contributed by atoms with E-state index in [1.807, 2.05) is 24.3 Å². The number of carbonyl (C=O) groups is 1. The second-order valence-corrected chi connectivity index (χ2v) is 9.15. The van der Waals surface area contributed by atoms with Crippen LogP contribution in [0.1, 0.15) is 22.4 Å². The number of hydrogen-bond acceptors (Lipinski definition) is 5. The number of carbonyl (C=O) groups excluding carboxylic acids is 1. The number of amides is 1. The lowest BCUT2D eigenvalue weighted by atomic mass is 10.1. The number of sulfonamides is 1. The van der Waals surface area contributed by atoms with Gasteiger partial charge in [0.15, 0.2) is 0 Å². The van der Waals surface area contributed by atoms with Crippen LogP contribution in [0.3, 0.4) is 0 Å². The van der Waals surface area contributed by atoms with E-state index in [9.17, 15) is 18.0 Å². The van der Waals surface area contributed by atoms with Crippen molar-refractivity contribution in [3.8, 4) is 0 Å². The molecule has 4 N–H and O–H groups in total. The van der Waals surface area contributed by atoms with E-state index < -0.39 is 15.6 Å². The molecule has 0 atom stereocenters. The number of benzene rings is 2. The van der Waals surface area contributed by atoms with Gasteiger partial charge in [-0.3, -0.25) is 14.3 Å². The summed E-state index contributed by atoms with van der Waals surface area (Å²) in [5, 5.41) is 2.78. The average Bonchev–Trinajstić information content (AvgIpc) is 2.77. The number of hydrogen-bond donors (Lipinski definition) is 3. The minimum atomic E-state index is -3.80. The van der Waals surface area contributed by atoms with Gasteiger partial charge in [0.25, 0.3) is 5.56 Å². The van der Waals surface area contributed by atoms with E-state index in [0.29, 0.717) is 24.3 Å². The van der Waals surface area contributed by atoms with Crippen molar-refractivity contribution >= 4 is 21.6 Å². The van der Waals surface area contributed by atoms with Crippen molar-refractivity contribution in [2.24, 2.45) is 5.73 Å². The lowest BCUT2D eigenvalue weighted by molar-refractivity contribution is -0.121. The quantitative estimate of drug-likeness (QED) is 0.455. The van der Waals surface area contributed by atoms with Gasteiger partial charge in [-0.05, 0) is 35.7 Å². The minimum Gasteiger partial charge on any atom is -0.350 e. The highest BCUT2D eigenvalue weighted by molar-refractivity contribution is 7.91. The third kappa shape index (κ3) is 6.29. The molecule has 0 bridgehead atoms. The van der Waals surface area contributed by atoms with Gasteiger partial charge in [0.1, 0.15) is 12.2 Å². The van der Waals surface area contributed by atoms with Crippen LogP contribution >= 0.6 is 0 Å². The van der Waals surface area contributed by atoms with Gasteiger partial charge in [-0.2, -0.15) is 0 Å². The van der Waals surface area contributed by atoms with Crippen LogP contribution in [0.25, 0.3) is 0 Å². The third-order valence-corrected chi connectivity index (χ3v) is 6.12. The number of nitrogens with zero attached hydrogens (tertiary/aromatic N) is 1. The molecule has 1 amide bonds. The van der Waals surface area contributed by atoms with Gasteiger partial charge < -0.3 is 15.6 Å². The normalized spacial score (nSPS) is 11.2. The van der Waals surface area contributed by atoms with E-state index in [1.54, 1.807) is 43.3 Å². The van der Waals surface area contributed by atoms with E-state index >= 15 is 0 Å². The average molecular weight is 455 g/mol. The predicted octanol–water partition coefficient (Wildman–Crippen LogP) is 1.87. The molecule has 0 aliphatic heterocycles. The molecule has 1 heterocycles. The Hall–Kier alpha value is -3.43. The largest absolute Gasteiger partial charge is 0.350 e. The number of pyridine rings is 1. The van der Waals surface area contributed by atoms with Crippen molar-refractivity contribution in [1.29, 1.82) is 0 Å². The molecule has 0 aliphatic carbocycles. The lowest BCUT2D eigenvalue weighted by Crippen LogP contribution is -2.34. The van der Waals surface area contributed by atoms with E-state index in [1.165, 1.54) is 10.6 Å². The number of nitrogens with one attached hydrogen (secondary N) is 2. The van der Waals surface area contributed by atoms with E-state index in [-0.39, 0.29) is 23.9 Å². The van der Waals surface area contributed by atoms with Gasteiger partial charge in [-0.1, -0.05) is 54.6 Å². The number of nitrogens with two attached hydrogens (primary N) is 1. The summed E-state index contributed by atoms with van der Waals surface area (Å²) in [7, 11) is -3.80. The highest BCUT2D eigenvalue weighted by Crippen LogP contribution is 2.11. The Morgan fingerprint density at radius 1 is 0.969 bits per heavy atom. The Morgan fingerprint density at radius 3 is 2.38 bits per heavy atom. The maximum atomic E-state index is 12.9. The molecule has 0 fully saturated rings. The highest BCUT2D eigenvalue weighted by atomic mass is 32.2. The zero-order valence-electron chi connectivity index (χ0n) is 17.7. The van der Waals surface area contributed by atoms with Crippen molar-refractivity contribution < 1.29 is 13.2 Å². The molecule has 1 aromatic heterocycles. The summed E-state index contributed by atoms with van der Waals surface area (Å²) in [6, 6.07) is 19.2. The number of aryl methyl sites for hydroxylation is 1. The van der Waals surface area contributed by atoms with E-state index in [4.69, 9.17) is 5.73 Å². The molecule has 168 valence electrons. The van der Waals surface area contributed by atoms with E-state index in [0.717, 1.165) is 11.1 Å². The first-order valence-electron chi connectivity index (χ1n) is 10.1. The molecule has 2 aromatic carbocycles. The van der Waals surface area contributed by atoms with Gasteiger partial charge in [0.05, 0.1) is 5.75 Å². The second-order valence-electron chi connectivity index (χ2n) is 7.43. The van der Waals surface area contributed by atoms with Crippen LogP contribution in [-0.2, 0) is 40.2 Å². The Labute approximate surface area is 187 Å². The fraction of sp³-hybridized carbons (Fsp3) is 0.217. The number of aromatic nitrogens is 1. The smallest absolute Gasteiger partial charge is 0.275 e. The summed E-state index contributed by atoms with van der Waals surface area (Å²) in [6.07, 6.45) is 0. The molecule has 3 rings (SSSR count). The molecule has 0 spiro atoms. The number of anilines is 1. The van der Waals surface area contributed by atoms with Crippen molar-refractivity contribution in [1.82, 2.24) is 9.88 Å². The predicted molar refractivity (Wildman–Crippen MR) is 124 cm³/mol. The fourth-order valence-corrected chi connectivity index (χ4v) is 4.40. The Bertz CT molecular complexity index is 1250. The summed E-state index contributed by atoms with van der Waals surface area (Å²) in [4.78, 5) is 25.3. The molecule has 3 aromatic rings. The molecule has 0 saturated carbocycles. The summed E-state index contributed by atoms with van der Waals surface area (Å²) >= 11 is 0. The molecule has 9 heteroatoms. The first-order chi connectivity index (χ1) is 15.3. The van der Waals surface area contributed by atoms with Gasteiger partial charge >= 0.3 is 0 Å². The molecular formula is C23H26N4O4S. The second kappa shape index (κ2) is 10.3. The Morgan fingerprint density at radius 2 is 1.66 bits per heavy atom. The van der Waals surface area contributed by atoms with Gasteiger partial charge in [0.2, 0.25) is 15.9 Å². The fourth-order valence-electron chi connectivity index (χ4n) is 3.21. The van der Waals surface area contributed by atoms with Crippen molar-refractivity contribution in [2.75, 3.05) is 4.72 Å². The number of rotatable bonds is 9. The Kier molecular flexibility index (Phi) is 7.45. The highest BCUT2D eigenvalue weighted by Gasteiger charge is 2.16. The van der Waals surface area contributed by atoms with E-state index in [2.05, 4.69) is 10.0 Å². The summed E-state index contributed by atoms with van der Waals surface area (Å²) in [5.41, 5.74) is 7.95. The molecular weight excluding hydrogens is 428 g/mol. The topological polar surface area (TPSA) is 123 Å². The molecule has 8 nitrogen and oxygen atoms in total. The van der Waals surface area contributed by atoms with Gasteiger partial charge in [-0.25, -0.2) is 8.42 Å². The Balaban J connectivity index is 1.70. The maximum Gasteiger partial charge on any atom is 0.275 e. The summed E-state index contributed by atoms with van der Waals surface area (Å²) < 4.78 is 28.6. The SMILES string of the molecule is Cc1ccc(NS(=O)(=O)Cc2ccccc2)c(=O)n1CC(=O)NCc1cccc(CN)c1. The van der Waals surface area contributed by atoms with Crippen LogP contribution in [0.2, 0.25) is 0 Å². The monoisotopic (exact) mass is 454 g/mol. The lowest BCUT2D eigenvalue weighted by Gasteiger charge is -2.14. The zero-order valence-corrected chi connectivity index (χ0v) is 18.6. The maximum absolute atomic E-state index is 12.9. The third-order valence-electron chi connectivity index (χ3n) is 4.88. The molecule has 0 saturated heterocycles. The van der Waals surface area contributed by atoms with Crippen molar-refractivity contribution in [3.63, 3.8) is 0 Å². The zero-order chi connectivity index (χ0) is 23.1. The van der Waals surface area contributed by atoms with Crippen LogP contribution < -0.4 is 21.3 Å². The van der Waals surface area contributed by atoms with Crippen LogP contribution in [0, 0.1) is 6.92 Å². The van der Waals surface area contributed by atoms with Crippen LogP contribution in [0.4, 0.5) is 5.69 Å². The first kappa shape index (κ1) is 23.2. The molecule has 0 radical (unpaired) electrons.